The summed E-state index contributed by atoms with van der Waals surface area (Å²) in [6, 6.07) is 4.40. The van der Waals surface area contributed by atoms with Crippen LogP contribution in [0.3, 0.4) is 0 Å². The number of carbonyl (C=O) groups excluding carboxylic acids is 1. The molecule has 1 aliphatic rings. The zero-order valence-electron chi connectivity index (χ0n) is 12.6. The fraction of sp³-hybridized carbons (Fsp3) is 0.562. The average Bonchev–Trinajstić information content (AvgIpc) is 2.88. The topological polar surface area (TPSA) is 50.4 Å². The third kappa shape index (κ3) is 3.65. The number of benzene rings is 1. The van der Waals surface area contributed by atoms with Gasteiger partial charge in [0, 0.05) is 18.2 Å². The molecule has 1 fully saturated rings. The van der Waals surface area contributed by atoms with Crippen LogP contribution in [0, 0.1) is 13.8 Å². The van der Waals surface area contributed by atoms with E-state index in [0.29, 0.717) is 12.6 Å². The number of aryl methyl sites for hydroxylation is 2. The third-order valence-corrected chi connectivity index (χ3v) is 3.83. The molecule has 1 aliphatic carbocycles. The van der Waals surface area contributed by atoms with Crippen LogP contribution < -0.4 is 15.4 Å². The van der Waals surface area contributed by atoms with Gasteiger partial charge in [-0.1, -0.05) is 30.5 Å². The molecule has 4 heteroatoms. The minimum atomic E-state index is -0.0851. The summed E-state index contributed by atoms with van der Waals surface area (Å²) in [5.41, 5.74) is 3.29. The van der Waals surface area contributed by atoms with Crippen molar-refractivity contribution in [1.29, 1.82) is 0 Å². The van der Waals surface area contributed by atoms with E-state index >= 15 is 0 Å². The Morgan fingerprint density at radius 1 is 1.30 bits per heavy atom. The van der Waals surface area contributed by atoms with Crippen LogP contribution in [0.15, 0.2) is 12.1 Å². The minimum absolute atomic E-state index is 0.0851. The Morgan fingerprint density at radius 2 is 2.00 bits per heavy atom. The highest BCUT2D eigenvalue weighted by molar-refractivity contribution is 5.74. The first kappa shape index (κ1) is 14.7. The van der Waals surface area contributed by atoms with Crippen LogP contribution >= 0.6 is 0 Å². The van der Waals surface area contributed by atoms with Crippen molar-refractivity contribution in [2.24, 2.45) is 0 Å². The van der Waals surface area contributed by atoms with E-state index in [9.17, 15) is 4.79 Å². The smallest absolute Gasteiger partial charge is 0.315 e. The maximum Gasteiger partial charge on any atom is 0.315 e. The second kappa shape index (κ2) is 6.64. The monoisotopic (exact) mass is 276 g/mol. The summed E-state index contributed by atoms with van der Waals surface area (Å²) in [5, 5.41) is 5.95. The first-order valence-electron chi connectivity index (χ1n) is 7.28. The summed E-state index contributed by atoms with van der Waals surface area (Å²) in [6.45, 7) is 4.56. The lowest BCUT2D eigenvalue weighted by molar-refractivity contribution is 0.236. The molecule has 0 heterocycles. The summed E-state index contributed by atoms with van der Waals surface area (Å²) in [4.78, 5) is 11.9. The van der Waals surface area contributed by atoms with Crippen LogP contribution in [0.2, 0.25) is 0 Å². The molecule has 0 aliphatic heterocycles. The first-order chi connectivity index (χ1) is 9.60. The highest BCUT2D eigenvalue weighted by Crippen LogP contribution is 2.25. The predicted octanol–water partition coefficient (Wildman–Crippen LogP) is 3.05. The molecule has 0 spiro atoms. The molecule has 0 aromatic heterocycles. The molecule has 0 unspecified atom stereocenters. The van der Waals surface area contributed by atoms with Gasteiger partial charge >= 0.3 is 6.03 Å². The number of hydrogen-bond acceptors (Lipinski definition) is 2. The molecule has 2 N–H and O–H groups in total. The van der Waals surface area contributed by atoms with Crippen LogP contribution in [0.4, 0.5) is 4.79 Å². The number of rotatable bonds is 4. The van der Waals surface area contributed by atoms with Crippen molar-refractivity contribution in [3.8, 4) is 5.75 Å². The van der Waals surface area contributed by atoms with Crippen molar-refractivity contribution in [2.75, 3.05) is 7.11 Å². The molecule has 2 rings (SSSR count). The quantitative estimate of drug-likeness (QED) is 0.888. The van der Waals surface area contributed by atoms with Crippen molar-refractivity contribution >= 4 is 6.03 Å². The van der Waals surface area contributed by atoms with Crippen LogP contribution in [0.25, 0.3) is 0 Å². The van der Waals surface area contributed by atoms with E-state index in [1.54, 1.807) is 7.11 Å². The predicted molar refractivity (Wildman–Crippen MR) is 80.1 cm³/mol. The van der Waals surface area contributed by atoms with E-state index in [-0.39, 0.29) is 6.03 Å². The number of carbonyl (C=O) groups is 1. The third-order valence-electron chi connectivity index (χ3n) is 3.83. The van der Waals surface area contributed by atoms with Gasteiger partial charge in [-0.2, -0.15) is 0 Å². The van der Waals surface area contributed by atoms with Gasteiger partial charge in [-0.05, 0) is 32.3 Å². The van der Waals surface area contributed by atoms with Gasteiger partial charge in [0.05, 0.1) is 7.11 Å². The Balaban J connectivity index is 1.94. The van der Waals surface area contributed by atoms with Crippen LogP contribution in [0.5, 0.6) is 5.75 Å². The number of ether oxygens (including phenoxy) is 1. The fourth-order valence-electron chi connectivity index (χ4n) is 2.95. The van der Waals surface area contributed by atoms with Crippen molar-refractivity contribution in [3.05, 3.63) is 28.8 Å². The van der Waals surface area contributed by atoms with E-state index in [2.05, 4.69) is 29.7 Å². The van der Waals surface area contributed by atoms with Crippen LogP contribution in [-0.4, -0.2) is 19.2 Å². The largest absolute Gasteiger partial charge is 0.496 e. The summed E-state index contributed by atoms with van der Waals surface area (Å²) < 4.78 is 5.43. The molecule has 0 bridgehead atoms. The lowest BCUT2D eigenvalue weighted by atomic mass is 10.1. The Morgan fingerprint density at radius 3 is 2.65 bits per heavy atom. The summed E-state index contributed by atoms with van der Waals surface area (Å²) >= 11 is 0. The molecule has 20 heavy (non-hydrogen) atoms. The molecular weight excluding hydrogens is 252 g/mol. The normalized spacial score (nSPS) is 15.2. The lowest BCUT2D eigenvalue weighted by Gasteiger charge is -2.16. The molecule has 1 aromatic carbocycles. The highest BCUT2D eigenvalue weighted by atomic mass is 16.5. The maximum atomic E-state index is 11.9. The Labute approximate surface area is 120 Å². The Hall–Kier alpha value is -1.71. The van der Waals surface area contributed by atoms with Gasteiger partial charge in [-0.25, -0.2) is 4.79 Å². The summed E-state index contributed by atoms with van der Waals surface area (Å²) in [6.07, 6.45) is 4.63. The van der Waals surface area contributed by atoms with Crippen molar-refractivity contribution in [1.82, 2.24) is 10.6 Å². The number of amides is 2. The highest BCUT2D eigenvalue weighted by Gasteiger charge is 2.17. The van der Waals surface area contributed by atoms with Crippen molar-refractivity contribution in [2.45, 2.75) is 52.1 Å². The molecular formula is C16H24N2O2. The maximum absolute atomic E-state index is 11.9. The average molecular weight is 276 g/mol. The van der Waals surface area contributed by atoms with E-state index in [1.807, 2.05) is 6.92 Å². The Kier molecular flexibility index (Phi) is 4.88. The second-order valence-electron chi connectivity index (χ2n) is 5.58. The molecule has 0 saturated heterocycles. The fourth-order valence-corrected chi connectivity index (χ4v) is 2.95. The summed E-state index contributed by atoms with van der Waals surface area (Å²) in [5.74, 6) is 0.858. The van der Waals surface area contributed by atoms with E-state index < -0.39 is 0 Å². The zero-order valence-corrected chi connectivity index (χ0v) is 12.6. The molecule has 1 saturated carbocycles. The molecule has 1 aromatic rings. The van der Waals surface area contributed by atoms with Crippen LogP contribution in [0.1, 0.15) is 42.4 Å². The standard InChI is InChI=1S/C16H24N2O2/c1-11-8-12(2)15(20-3)13(9-11)10-17-16(19)18-14-6-4-5-7-14/h8-9,14H,4-7,10H2,1-3H3,(H2,17,18,19). The van der Waals surface area contributed by atoms with E-state index in [1.165, 1.54) is 18.4 Å². The summed E-state index contributed by atoms with van der Waals surface area (Å²) in [7, 11) is 1.67. The van der Waals surface area contributed by atoms with Gasteiger partial charge in [0.1, 0.15) is 5.75 Å². The molecule has 0 radical (unpaired) electrons. The SMILES string of the molecule is COc1c(C)cc(C)cc1CNC(=O)NC1CCCC1. The van der Waals surface area contributed by atoms with Gasteiger partial charge in [0.15, 0.2) is 0 Å². The lowest BCUT2D eigenvalue weighted by Crippen LogP contribution is -2.40. The van der Waals surface area contributed by atoms with E-state index in [0.717, 1.165) is 29.7 Å². The Bertz CT molecular complexity index is 480. The number of urea groups is 1. The number of hydrogen-bond donors (Lipinski definition) is 2. The molecule has 110 valence electrons. The number of nitrogens with one attached hydrogen (secondary N) is 2. The van der Waals surface area contributed by atoms with Crippen LogP contribution in [-0.2, 0) is 6.54 Å². The molecule has 0 atom stereocenters. The van der Waals surface area contributed by atoms with Gasteiger partial charge in [-0.15, -0.1) is 0 Å². The van der Waals surface area contributed by atoms with Gasteiger partial charge in [0.2, 0.25) is 0 Å². The zero-order chi connectivity index (χ0) is 14.5. The minimum Gasteiger partial charge on any atom is -0.496 e. The van der Waals surface area contributed by atoms with Crippen molar-refractivity contribution < 1.29 is 9.53 Å². The van der Waals surface area contributed by atoms with Gasteiger partial charge in [-0.3, -0.25) is 0 Å². The van der Waals surface area contributed by atoms with Gasteiger partial charge < -0.3 is 15.4 Å². The molecule has 2 amide bonds. The first-order valence-corrected chi connectivity index (χ1v) is 7.28. The van der Waals surface area contributed by atoms with Gasteiger partial charge in [0.25, 0.3) is 0 Å². The van der Waals surface area contributed by atoms with E-state index in [4.69, 9.17) is 4.74 Å². The number of methoxy groups -OCH3 is 1. The second-order valence-corrected chi connectivity index (χ2v) is 5.58. The molecule has 4 nitrogen and oxygen atoms in total. The van der Waals surface area contributed by atoms with Crippen molar-refractivity contribution in [3.63, 3.8) is 0 Å².